The Hall–Kier alpha value is -2.44. The van der Waals surface area contributed by atoms with Gasteiger partial charge in [0.15, 0.2) is 0 Å². The van der Waals surface area contributed by atoms with Gasteiger partial charge in [-0.25, -0.2) is 4.68 Å². The minimum atomic E-state index is -0.123. The normalized spacial score (nSPS) is 15.1. The van der Waals surface area contributed by atoms with Crippen LogP contribution in [-0.4, -0.2) is 28.3 Å². The highest BCUT2D eigenvalue weighted by Gasteiger charge is 2.29. The molecule has 2 heterocycles. The molecule has 25 heavy (non-hydrogen) atoms. The molecule has 0 spiro atoms. The molecule has 0 bridgehead atoms. The third kappa shape index (κ3) is 3.50. The molecule has 0 saturated heterocycles. The first-order chi connectivity index (χ1) is 12.2. The highest BCUT2D eigenvalue weighted by Crippen LogP contribution is 2.31. The van der Waals surface area contributed by atoms with Crippen molar-refractivity contribution in [3.05, 3.63) is 59.6 Å². The number of aromatic nitrogens is 2. The van der Waals surface area contributed by atoms with Crippen molar-refractivity contribution in [2.75, 3.05) is 6.54 Å². The first-order valence-corrected chi connectivity index (χ1v) is 9.33. The van der Waals surface area contributed by atoms with E-state index in [9.17, 15) is 4.79 Å². The van der Waals surface area contributed by atoms with Crippen LogP contribution in [0.5, 0.6) is 0 Å². The van der Waals surface area contributed by atoms with Crippen LogP contribution < -0.4 is 11.1 Å². The van der Waals surface area contributed by atoms with Crippen LogP contribution in [0.25, 0.3) is 16.3 Å². The number of hydrogen-bond donors (Lipinski definition) is 2. The van der Waals surface area contributed by atoms with E-state index in [1.807, 2.05) is 47.8 Å². The molecule has 1 fully saturated rings. The van der Waals surface area contributed by atoms with E-state index in [-0.39, 0.29) is 11.9 Å². The quantitative estimate of drug-likeness (QED) is 0.716. The summed E-state index contributed by atoms with van der Waals surface area (Å²) in [6, 6.07) is 13.8. The third-order valence-electron chi connectivity index (χ3n) is 4.46. The van der Waals surface area contributed by atoms with E-state index in [4.69, 9.17) is 5.73 Å². The third-order valence-corrected chi connectivity index (χ3v) is 5.34. The highest BCUT2D eigenvalue weighted by molar-refractivity contribution is 7.13. The van der Waals surface area contributed by atoms with E-state index in [0.29, 0.717) is 23.7 Å². The Bertz CT molecular complexity index is 853. The monoisotopic (exact) mass is 352 g/mol. The molecule has 6 heteroatoms. The van der Waals surface area contributed by atoms with Crippen LogP contribution in [0.2, 0.25) is 0 Å². The van der Waals surface area contributed by atoms with Gasteiger partial charge in [0, 0.05) is 18.8 Å². The lowest BCUT2D eigenvalue weighted by Gasteiger charge is -2.11. The van der Waals surface area contributed by atoms with Crippen LogP contribution in [0.4, 0.5) is 0 Å². The van der Waals surface area contributed by atoms with Crippen molar-refractivity contribution in [2.24, 2.45) is 11.7 Å². The second kappa shape index (κ2) is 6.82. The Balaban J connectivity index is 1.62. The number of nitrogens with two attached hydrogens (primary N) is 1. The van der Waals surface area contributed by atoms with Crippen molar-refractivity contribution in [3.63, 3.8) is 0 Å². The molecule has 3 aromatic rings. The number of hydrogen-bond acceptors (Lipinski definition) is 4. The Labute approximate surface area is 150 Å². The zero-order valence-corrected chi connectivity index (χ0v) is 14.6. The molecule has 0 radical (unpaired) electrons. The van der Waals surface area contributed by atoms with Gasteiger partial charge in [0.1, 0.15) is 5.69 Å². The summed E-state index contributed by atoms with van der Waals surface area (Å²) < 4.78 is 1.75. The van der Waals surface area contributed by atoms with E-state index in [1.54, 1.807) is 22.2 Å². The van der Waals surface area contributed by atoms with Crippen LogP contribution in [0.3, 0.4) is 0 Å². The van der Waals surface area contributed by atoms with Crippen LogP contribution in [0.1, 0.15) is 23.2 Å². The first-order valence-electron chi connectivity index (χ1n) is 8.45. The number of nitrogens with zero attached hydrogens (tertiary/aromatic N) is 2. The number of nitrogens with one attached hydrogen (secondary N) is 1. The minimum absolute atomic E-state index is 0.0401. The van der Waals surface area contributed by atoms with Crippen LogP contribution in [0.15, 0.2) is 54.0 Å². The van der Waals surface area contributed by atoms with Crippen molar-refractivity contribution >= 4 is 17.2 Å². The van der Waals surface area contributed by atoms with Crippen molar-refractivity contribution in [2.45, 2.75) is 18.9 Å². The summed E-state index contributed by atoms with van der Waals surface area (Å²) in [7, 11) is 0. The SMILES string of the molecule is NC(CNC(=O)c1cn(-c2ccccc2)nc1-c1cccs1)C1CC1. The van der Waals surface area contributed by atoms with Gasteiger partial charge in [-0.1, -0.05) is 24.3 Å². The Morgan fingerprint density at radius 2 is 2.08 bits per heavy atom. The Morgan fingerprint density at radius 3 is 2.76 bits per heavy atom. The lowest BCUT2D eigenvalue weighted by atomic mass is 10.1. The maximum atomic E-state index is 12.7. The summed E-state index contributed by atoms with van der Waals surface area (Å²) in [4.78, 5) is 13.7. The fraction of sp³-hybridized carbons (Fsp3) is 0.263. The van der Waals surface area contributed by atoms with Crippen LogP contribution >= 0.6 is 11.3 Å². The average molecular weight is 352 g/mol. The predicted molar refractivity (Wildman–Crippen MR) is 99.9 cm³/mol. The van der Waals surface area contributed by atoms with Gasteiger partial charge in [-0.05, 0) is 42.3 Å². The number of benzene rings is 1. The summed E-state index contributed by atoms with van der Waals surface area (Å²) in [5.41, 5.74) is 8.31. The van der Waals surface area contributed by atoms with E-state index in [1.165, 1.54) is 12.8 Å². The minimum Gasteiger partial charge on any atom is -0.350 e. The van der Waals surface area contributed by atoms with Crippen molar-refractivity contribution in [1.29, 1.82) is 0 Å². The Morgan fingerprint density at radius 1 is 1.28 bits per heavy atom. The summed E-state index contributed by atoms with van der Waals surface area (Å²) in [6.45, 7) is 0.504. The van der Waals surface area contributed by atoms with Gasteiger partial charge in [0.2, 0.25) is 0 Å². The van der Waals surface area contributed by atoms with Crippen LogP contribution in [0, 0.1) is 5.92 Å². The van der Waals surface area contributed by atoms with Gasteiger partial charge in [-0.2, -0.15) is 5.10 Å². The molecular weight excluding hydrogens is 332 g/mol. The smallest absolute Gasteiger partial charge is 0.255 e. The zero-order chi connectivity index (χ0) is 17.2. The molecule has 5 nitrogen and oxygen atoms in total. The standard InChI is InChI=1S/C19H20N4OS/c20-16(13-8-9-13)11-21-19(24)15-12-23(14-5-2-1-3-6-14)22-18(15)17-7-4-10-25-17/h1-7,10,12-13,16H,8-9,11,20H2,(H,21,24). The van der Waals surface area contributed by atoms with E-state index >= 15 is 0 Å². The Kier molecular flexibility index (Phi) is 4.38. The van der Waals surface area contributed by atoms with Gasteiger partial charge in [0.05, 0.1) is 16.1 Å². The lowest BCUT2D eigenvalue weighted by molar-refractivity contribution is 0.0951. The van der Waals surface area contributed by atoms with Gasteiger partial charge in [0.25, 0.3) is 5.91 Å². The number of para-hydroxylation sites is 1. The highest BCUT2D eigenvalue weighted by atomic mass is 32.1. The molecule has 1 aliphatic rings. The average Bonchev–Trinajstić information content (AvgIpc) is 3.18. The zero-order valence-electron chi connectivity index (χ0n) is 13.8. The largest absolute Gasteiger partial charge is 0.350 e. The predicted octanol–water partition coefficient (Wildman–Crippen LogP) is 3.07. The molecular formula is C19H20N4OS. The summed E-state index contributed by atoms with van der Waals surface area (Å²) in [6.07, 6.45) is 4.13. The molecule has 1 unspecified atom stereocenters. The first kappa shape index (κ1) is 16.1. The fourth-order valence-corrected chi connectivity index (χ4v) is 3.57. The van der Waals surface area contributed by atoms with E-state index in [0.717, 1.165) is 10.6 Å². The second-order valence-corrected chi connectivity index (χ2v) is 7.31. The molecule has 0 aliphatic heterocycles. The molecule has 2 aromatic heterocycles. The second-order valence-electron chi connectivity index (χ2n) is 6.36. The van der Waals surface area contributed by atoms with E-state index in [2.05, 4.69) is 10.4 Å². The molecule has 1 aromatic carbocycles. The topological polar surface area (TPSA) is 72.9 Å². The number of carbonyl (C=O) groups excluding carboxylic acids is 1. The maximum Gasteiger partial charge on any atom is 0.255 e. The summed E-state index contributed by atoms with van der Waals surface area (Å²) in [5.74, 6) is 0.436. The number of rotatable bonds is 6. The molecule has 4 rings (SSSR count). The fourth-order valence-electron chi connectivity index (χ4n) is 2.85. The molecule has 1 atom stereocenters. The van der Waals surface area contributed by atoms with Gasteiger partial charge in [-0.15, -0.1) is 11.3 Å². The van der Waals surface area contributed by atoms with Gasteiger partial charge >= 0.3 is 0 Å². The number of carbonyl (C=O) groups is 1. The lowest BCUT2D eigenvalue weighted by Crippen LogP contribution is -2.38. The molecule has 1 amide bonds. The van der Waals surface area contributed by atoms with Gasteiger partial charge in [-0.3, -0.25) is 4.79 Å². The molecule has 3 N–H and O–H groups in total. The maximum absolute atomic E-state index is 12.7. The van der Waals surface area contributed by atoms with Crippen molar-refractivity contribution in [1.82, 2.24) is 15.1 Å². The van der Waals surface area contributed by atoms with Crippen LogP contribution in [-0.2, 0) is 0 Å². The summed E-state index contributed by atoms with van der Waals surface area (Å²) in [5, 5.41) is 9.62. The molecule has 128 valence electrons. The molecule has 1 saturated carbocycles. The van der Waals surface area contributed by atoms with Crippen molar-refractivity contribution in [3.8, 4) is 16.3 Å². The van der Waals surface area contributed by atoms with Gasteiger partial charge < -0.3 is 11.1 Å². The van der Waals surface area contributed by atoms with Crippen molar-refractivity contribution < 1.29 is 4.79 Å². The number of amides is 1. The summed E-state index contributed by atoms with van der Waals surface area (Å²) >= 11 is 1.57. The molecule has 1 aliphatic carbocycles. The van der Waals surface area contributed by atoms with E-state index < -0.39 is 0 Å². The number of thiophene rings is 1.